The van der Waals surface area contributed by atoms with Gasteiger partial charge in [-0.25, -0.2) is 13.1 Å². The van der Waals surface area contributed by atoms with Crippen LogP contribution in [0.2, 0.25) is 0 Å². The first-order valence-corrected chi connectivity index (χ1v) is 7.35. The molecule has 0 saturated carbocycles. The number of aliphatic carboxylic acids is 1. The molecule has 0 saturated heterocycles. The Kier molecular flexibility index (Phi) is 5.31. The van der Waals surface area contributed by atoms with Crippen molar-refractivity contribution < 1.29 is 23.1 Å². The van der Waals surface area contributed by atoms with E-state index in [1.807, 2.05) is 0 Å². The Morgan fingerprint density at radius 3 is 2.63 bits per heavy atom. The molecule has 1 atom stereocenters. The highest BCUT2D eigenvalue weighted by Gasteiger charge is 2.19. The number of hydrogen-bond acceptors (Lipinski definition) is 4. The second-order valence-corrected chi connectivity index (χ2v) is 5.93. The number of ether oxygens (including phenoxy) is 1. The van der Waals surface area contributed by atoms with E-state index in [1.165, 1.54) is 14.0 Å². The zero-order valence-corrected chi connectivity index (χ0v) is 11.6. The van der Waals surface area contributed by atoms with Crippen LogP contribution in [0.4, 0.5) is 0 Å². The molecular formula is C12H17NO5S. The van der Waals surface area contributed by atoms with Gasteiger partial charge in [-0.15, -0.1) is 0 Å². The minimum Gasteiger partial charge on any atom is -0.496 e. The summed E-state index contributed by atoms with van der Waals surface area (Å²) in [6.45, 7) is 1.28. The van der Waals surface area contributed by atoms with Gasteiger partial charge in [-0.2, -0.15) is 0 Å². The molecule has 6 nitrogen and oxygen atoms in total. The van der Waals surface area contributed by atoms with Crippen molar-refractivity contribution in [3.63, 3.8) is 0 Å². The number of rotatable bonds is 7. The minimum absolute atomic E-state index is 0.189. The molecule has 0 aromatic heterocycles. The molecule has 0 unspecified atom stereocenters. The number of sulfonamides is 1. The molecule has 19 heavy (non-hydrogen) atoms. The number of carbonyl (C=O) groups is 1. The van der Waals surface area contributed by atoms with E-state index in [-0.39, 0.29) is 12.2 Å². The summed E-state index contributed by atoms with van der Waals surface area (Å²) in [7, 11) is -2.12. The summed E-state index contributed by atoms with van der Waals surface area (Å²) in [4.78, 5) is 10.6. The van der Waals surface area contributed by atoms with Crippen LogP contribution >= 0.6 is 0 Å². The van der Waals surface area contributed by atoms with Crippen LogP contribution < -0.4 is 9.46 Å². The van der Waals surface area contributed by atoms with E-state index in [4.69, 9.17) is 9.84 Å². The average Bonchev–Trinajstić information content (AvgIpc) is 2.36. The molecule has 2 N–H and O–H groups in total. The van der Waals surface area contributed by atoms with Gasteiger partial charge in [0.1, 0.15) is 11.8 Å². The lowest BCUT2D eigenvalue weighted by Crippen LogP contribution is -2.39. The Bertz CT molecular complexity index is 541. The highest BCUT2D eigenvalue weighted by Crippen LogP contribution is 2.18. The van der Waals surface area contributed by atoms with Crippen LogP contribution in [0.15, 0.2) is 24.3 Å². The van der Waals surface area contributed by atoms with Gasteiger partial charge in [0.2, 0.25) is 10.0 Å². The predicted octanol–water partition coefficient (Wildman–Crippen LogP) is 0.630. The standard InChI is InChI=1S/C12H17NO5S/c1-9(12(14)15)13-19(16,17)8-7-10-5-3-4-6-11(10)18-2/h3-6,9,13H,7-8H2,1-2H3,(H,14,15)/t9-/m1/s1. The summed E-state index contributed by atoms with van der Waals surface area (Å²) in [6.07, 6.45) is 0.256. The number of aryl methyl sites for hydroxylation is 1. The van der Waals surface area contributed by atoms with Crippen LogP contribution in [0.3, 0.4) is 0 Å². The zero-order chi connectivity index (χ0) is 14.5. The SMILES string of the molecule is COc1ccccc1CCS(=O)(=O)N[C@H](C)C(=O)O. The summed E-state index contributed by atoms with van der Waals surface area (Å²) >= 11 is 0. The predicted molar refractivity (Wildman–Crippen MR) is 70.7 cm³/mol. The molecule has 0 aliphatic heterocycles. The molecule has 0 radical (unpaired) electrons. The molecule has 1 aromatic rings. The van der Waals surface area contributed by atoms with Crippen molar-refractivity contribution in [2.45, 2.75) is 19.4 Å². The monoisotopic (exact) mass is 287 g/mol. The Balaban J connectivity index is 2.67. The van der Waals surface area contributed by atoms with Crippen LogP contribution in [0.25, 0.3) is 0 Å². The molecule has 1 rings (SSSR count). The van der Waals surface area contributed by atoms with Gasteiger partial charge in [0.15, 0.2) is 0 Å². The number of benzene rings is 1. The second-order valence-electron chi connectivity index (χ2n) is 4.06. The lowest BCUT2D eigenvalue weighted by Gasteiger charge is -2.11. The van der Waals surface area contributed by atoms with Crippen molar-refractivity contribution in [2.75, 3.05) is 12.9 Å². The fraction of sp³-hybridized carbons (Fsp3) is 0.417. The topological polar surface area (TPSA) is 92.7 Å². The lowest BCUT2D eigenvalue weighted by molar-refractivity contribution is -0.138. The molecular weight excluding hydrogens is 270 g/mol. The van der Waals surface area contributed by atoms with Crippen molar-refractivity contribution in [3.05, 3.63) is 29.8 Å². The number of carboxylic acid groups (broad SMARTS) is 1. The third-order valence-electron chi connectivity index (χ3n) is 2.56. The second kappa shape index (κ2) is 6.53. The van der Waals surface area contributed by atoms with E-state index in [0.29, 0.717) is 5.75 Å². The zero-order valence-electron chi connectivity index (χ0n) is 10.8. The first-order chi connectivity index (χ1) is 8.85. The van der Waals surface area contributed by atoms with Gasteiger partial charge in [-0.1, -0.05) is 18.2 Å². The van der Waals surface area contributed by atoms with E-state index in [2.05, 4.69) is 4.72 Å². The fourth-order valence-corrected chi connectivity index (χ4v) is 2.78. The molecule has 1 aromatic carbocycles. The maximum absolute atomic E-state index is 11.7. The number of carboxylic acids is 1. The molecule has 0 fully saturated rings. The average molecular weight is 287 g/mol. The first-order valence-electron chi connectivity index (χ1n) is 5.70. The van der Waals surface area contributed by atoms with Gasteiger partial charge in [0.25, 0.3) is 0 Å². The minimum atomic E-state index is -3.64. The van der Waals surface area contributed by atoms with Crippen molar-refractivity contribution in [2.24, 2.45) is 0 Å². The number of methoxy groups -OCH3 is 1. The Labute approximate surface area is 112 Å². The Hall–Kier alpha value is -1.60. The van der Waals surface area contributed by atoms with E-state index >= 15 is 0 Å². The van der Waals surface area contributed by atoms with Gasteiger partial charge in [-0.3, -0.25) is 4.79 Å². The molecule has 0 amide bonds. The number of nitrogens with one attached hydrogen (secondary N) is 1. The summed E-state index contributed by atoms with van der Waals surface area (Å²) < 4.78 is 30.6. The van der Waals surface area contributed by atoms with Crippen molar-refractivity contribution in [3.8, 4) is 5.75 Å². The van der Waals surface area contributed by atoms with E-state index in [0.717, 1.165) is 5.56 Å². The lowest BCUT2D eigenvalue weighted by atomic mass is 10.1. The van der Waals surface area contributed by atoms with Gasteiger partial charge in [0.05, 0.1) is 12.9 Å². The summed E-state index contributed by atoms with van der Waals surface area (Å²) in [5.74, 6) is -0.782. The van der Waals surface area contributed by atoms with Gasteiger partial charge < -0.3 is 9.84 Å². The third-order valence-corrected chi connectivity index (χ3v) is 4.01. The van der Waals surface area contributed by atoms with Crippen LogP contribution in [-0.4, -0.2) is 38.4 Å². The maximum Gasteiger partial charge on any atom is 0.321 e. The molecule has 0 aliphatic carbocycles. The van der Waals surface area contributed by atoms with E-state index < -0.39 is 22.0 Å². The molecule has 0 bridgehead atoms. The van der Waals surface area contributed by atoms with Crippen molar-refractivity contribution in [1.29, 1.82) is 0 Å². The van der Waals surface area contributed by atoms with Gasteiger partial charge in [-0.05, 0) is 25.0 Å². The quantitative estimate of drug-likeness (QED) is 0.767. The molecule has 0 aliphatic rings. The van der Waals surface area contributed by atoms with Gasteiger partial charge in [0, 0.05) is 0 Å². The van der Waals surface area contributed by atoms with Crippen molar-refractivity contribution in [1.82, 2.24) is 4.72 Å². The van der Waals surface area contributed by atoms with Gasteiger partial charge >= 0.3 is 5.97 Å². The number of hydrogen-bond donors (Lipinski definition) is 2. The summed E-state index contributed by atoms with van der Waals surface area (Å²) in [5.41, 5.74) is 0.762. The third kappa shape index (κ3) is 4.88. The highest BCUT2D eigenvalue weighted by atomic mass is 32.2. The maximum atomic E-state index is 11.7. The Morgan fingerprint density at radius 2 is 2.05 bits per heavy atom. The van der Waals surface area contributed by atoms with Crippen LogP contribution in [0.1, 0.15) is 12.5 Å². The fourth-order valence-electron chi connectivity index (χ4n) is 1.53. The Morgan fingerprint density at radius 1 is 1.42 bits per heavy atom. The summed E-state index contributed by atoms with van der Waals surface area (Å²) in [6, 6.07) is 5.96. The van der Waals surface area contributed by atoms with Crippen molar-refractivity contribution >= 4 is 16.0 Å². The summed E-state index contributed by atoms with van der Waals surface area (Å²) in [5, 5.41) is 8.67. The first kappa shape index (κ1) is 15.5. The molecule has 106 valence electrons. The van der Waals surface area contributed by atoms with Crippen LogP contribution in [0.5, 0.6) is 5.75 Å². The molecule has 7 heteroatoms. The van der Waals surface area contributed by atoms with E-state index in [9.17, 15) is 13.2 Å². The smallest absolute Gasteiger partial charge is 0.321 e. The number of para-hydroxylation sites is 1. The van der Waals surface area contributed by atoms with E-state index in [1.54, 1.807) is 24.3 Å². The normalized spacial score (nSPS) is 12.9. The van der Waals surface area contributed by atoms with Crippen LogP contribution in [0, 0.1) is 0 Å². The molecule has 0 heterocycles. The van der Waals surface area contributed by atoms with Crippen LogP contribution in [-0.2, 0) is 21.2 Å². The highest BCUT2D eigenvalue weighted by molar-refractivity contribution is 7.89. The largest absolute Gasteiger partial charge is 0.496 e. The molecule has 0 spiro atoms.